The van der Waals surface area contributed by atoms with Gasteiger partial charge in [0.2, 0.25) is 11.6 Å². The Labute approximate surface area is 104 Å². The molecule has 1 aromatic rings. The molecule has 3 rings (SSSR count). The Morgan fingerprint density at radius 2 is 1.76 bits per heavy atom. The van der Waals surface area contributed by atoms with Crippen LogP contribution in [0.25, 0.3) is 6.08 Å². The first-order valence-corrected chi connectivity index (χ1v) is 6.88. The van der Waals surface area contributed by atoms with Crippen molar-refractivity contribution in [1.29, 1.82) is 0 Å². The van der Waals surface area contributed by atoms with Crippen molar-refractivity contribution in [3.63, 3.8) is 0 Å². The van der Waals surface area contributed by atoms with E-state index in [2.05, 4.69) is 0 Å². The predicted molar refractivity (Wildman–Crippen MR) is 68.0 cm³/mol. The smallest absolute Gasteiger partial charge is 0.234 e. The third-order valence-electron chi connectivity index (χ3n) is 3.50. The zero-order valence-corrected chi connectivity index (χ0v) is 10.3. The molecule has 0 aliphatic heterocycles. The predicted octanol–water partition coefficient (Wildman–Crippen LogP) is 3.44. The zero-order chi connectivity index (χ0) is 11.8. The fraction of sp³-hybridized carbons (Fsp3) is 0.357. The van der Waals surface area contributed by atoms with E-state index in [1.807, 2.05) is 11.5 Å². The average molecular weight is 245 g/mol. The summed E-state index contributed by atoms with van der Waals surface area (Å²) in [4.78, 5) is 24.9. The number of hydrogen-bond acceptors (Lipinski definition) is 3. The largest absolute Gasteiger partial charge is 0.285 e. The number of carbonyl (C=O) groups is 2. The summed E-state index contributed by atoms with van der Waals surface area (Å²) in [6.45, 7) is 0. The first kappa shape index (κ1) is 10.9. The lowest BCUT2D eigenvalue weighted by Crippen LogP contribution is -2.24. The Hall–Kier alpha value is -1.22. The van der Waals surface area contributed by atoms with Crippen LogP contribution in [0.2, 0.25) is 0 Å². The lowest BCUT2D eigenvalue weighted by molar-refractivity contribution is -0.111. The SMILES string of the molecule is O=C1C(=O)c2ccsc2C=C1[C]1CCCCC1. The van der Waals surface area contributed by atoms with Gasteiger partial charge in [-0.15, -0.1) is 11.3 Å². The van der Waals surface area contributed by atoms with Crippen molar-refractivity contribution in [2.45, 2.75) is 32.1 Å². The molecule has 0 bridgehead atoms. The van der Waals surface area contributed by atoms with E-state index in [1.165, 1.54) is 23.7 Å². The number of ketones is 2. The maximum atomic E-state index is 12.1. The van der Waals surface area contributed by atoms with Gasteiger partial charge in [-0.05, 0) is 30.4 Å². The molecule has 0 aromatic carbocycles. The van der Waals surface area contributed by atoms with Crippen LogP contribution in [0, 0.1) is 5.92 Å². The third kappa shape index (κ3) is 1.78. The van der Waals surface area contributed by atoms with Crippen LogP contribution in [-0.4, -0.2) is 11.6 Å². The van der Waals surface area contributed by atoms with Gasteiger partial charge in [0.1, 0.15) is 0 Å². The second-order valence-corrected chi connectivity index (χ2v) is 5.53. The van der Waals surface area contributed by atoms with E-state index in [1.54, 1.807) is 6.07 Å². The highest BCUT2D eigenvalue weighted by molar-refractivity contribution is 7.11. The molecule has 2 aliphatic carbocycles. The molecule has 2 nitrogen and oxygen atoms in total. The maximum absolute atomic E-state index is 12.1. The minimum Gasteiger partial charge on any atom is -0.285 e. The fourth-order valence-electron chi connectivity index (χ4n) is 2.57. The standard InChI is InChI=1S/C14H13O2S/c15-13-10-6-7-17-12(10)8-11(14(13)16)9-4-2-1-3-5-9/h6-8H,1-5H2. The Bertz CT molecular complexity index is 504. The van der Waals surface area contributed by atoms with E-state index in [0.717, 1.165) is 30.6 Å². The summed E-state index contributed by atoms with van der Waals surface area (Å²) in [7, 11) is 0. The highest BCUT2D eigenvalue weighted by atomic mass is 32.1. The first-order valence-electron chi connectivity index (χ1n) is 6.00. The Morgan fingerprint density at radius 3 is 2.53 bits per heavy atom. The molecule has 17 heavy (non-hydrogen) atoms. The van der Waals surface area contributed by atoms with Crippen molar-refractivity contribution in [3.05, 3.63) is 33.4 Å². The highest BCUT2D eigenvalue weighted by Gasteiger charge is 2.33. The lowest BCUT2D eigenvalue weighted by atomic mass is 9.79. The third-order valence-corrected chi connectivity index (χ3v) is 4.37. The fourth-order valence-corrected chi connectivity index (χ4v) is 3.40. The van der Waals surface area contributed by atoms with Crippen LogP contribution in [0.15, 0.2) is 17.0 Å². The second-order valence-electron chi connectivity index (χ2n) is 4.58. The van der Waals surface area contributed by atoms with Gasteiger partial charge >= 0.3 is 0 Å². The minimum atomic E-state index is -0.322. The molecule has 2 aliphatic rings. The van der Waals surface area contributed by atoms with Gasteiger partial charge in [-0.2, -0.15) is 0 Å². The van der Waals surface area contributed by atoms with Crippen molar-refractivity contribution in [3.8, 4) is 0 Å². The average Bonchev–Trinajstić information content (AvgIpc) is 2.83. The summed E-state index contributed by atoms with van der Waals surface area (Å²) < 4.78 is 0. The minimum absolute atomic E-state index is 0.298. The van der Waals surface area contributed by atoms with E-state index < -0.39 is 0 Å². The molecule has 1 radical (unpaired) electrons. The van der Waals surface area contributed by atoms with Crippen LogP contribution in [0.3, 0.4) is 0 Å². The number of fused-ring (bicyclic) bond motifs is 1. The molecule has 1 heterocycles. The highest BCUT2D eigenvalue weighted by Crippen LogP contribution is 2.37. The van der Waals surface area contributed by atoms with Gasteiger partial charge < -0.3 is 0 Å². The molecule has 0 amide bonds. The molecule has 1 fully saturated rings. The summed E-state index contributed by atoms with van der Waals surface area (Å²) >= 11 is 1.54. The van der Waals surface area contributed by atoms with Crippen LogP contribution >= 0.6 is 11.3 Å². The summed E-state index contributed by atoms with van der Waals surface area (Å²) in [6, 6.07) is 1.75. The number of carbonyl (C=O) groups excluding carboxylic acids is 2. The second kappa shape index (κ2) is 4.22. The van der Waals surface area contributed by atoms with Crippen molar-refractivity contribution in [1.82, 2.24) is 0 Å². The molecule has 0 unspecified atom stereocenters. The van der Waals surface area contributed by atoms with Crippen LogP contribution in [0.4, 0.5) is 0 Å². The molecule has 87 valence electrons. The summed E-state index contributed by atoms with van der Waals surface area (Å²) in [5.74, 6) is 0.568. The van der Waals surface area contributed by atoms with Crippen molar-refractivity contribution >= 4 is 29.0 Å². The van der Waals surface area contributed by atoms with Gasteiger partial charge in [-0.25, -0.2) is 0 Å². The van der Waals surface area contributed by atoms with E-state index >= 15 is 0 Å². The number of Topliss-reactive ketones (excluding diaryl/α,β-unsaturated/α-hetero) is 2. The number of thiophene rings is 1. The van der Waals surface area contributed by atoms with Gasteiger partial charge in [0.15, 0.2) is 0 Å². The molecule has 0 spiro atoms. The Balaban J connectivity index is 1.99. The summed E-state index contributed by atoms with van der Waals surface area (Å²) in [6.07, 6.45) is 7.40. The quantitative estimate of drug-likeness (QED) is 0.710. The first-order chi connectivity index (χ1) is 8.27. The van der Waals surface area contributed by atoms with Crippen molar-refractivity contribution in [2.24, 2.45) is 0 Å². The van der Waals surface area contributed by atoms with E-state index in [9.17, 15) is 9.59 Å². The Kier molecular flexibility index (Phi) is 2.71. The van der Waals surface area contributed by atoms with Gasteiger partial charge in [-0.1, -0.05) is 19.3 Å². The molecular formula is C14H13O2S. The number of rotatable bonds is 1. The summed E-state index contributed by atoms with van der Waals surface area (Å²) in [5, 5.41) is 1.88. The topological polar surface area (TPSA) is 34.1 Å². The van der Waals surface area contributed by atoms with Crippen molar-refractivity contribution < 1.29 is 9.59 Å². The van der Waals surface area contributed by atoms with E-state index in [4.69, 9.17) is 0 Å². The van der Waals surface area contributed by atoms with Gasteiger partial charge in [0.25, 0.3) is 0 Å². The van der Waals surface area contributed by atoms with Gasteiger partial charge in [0, 0.05) is 21.9 Å². The van der Waals surface area contributed by atoms with Crippen LogP contribution in [-0.2, 0) is 4.79 Å². The molecule has 1 saturated carbocycles. The molecule has 0 N–H and O–H groups in total. The molecule has 1 aromatic heterocycles. The zero-order valence-electron chi connectivity index (χ0n) is 9.49. The van der Waals surface area contributed by atoms with Crippen LogP contribution in [0.1, 0.15) is 47.3 Å². The van der Waals surface area contributed by atoms with E-state index in [-0.39, 0.29) is 11.6 Å². The van der Waals surface area contributed by atoms with Crippen LogP contribution in [0.5, 0.6) is 0 Å². The normalized spacial score (nSPS) is 21.3. The molecular weight excluding hydrogens is 232 g/mol. The molecule has 0 atom stereocenters. The molecule has 3 heteroatoms. The lowest BCUT2D eigenvalue weighted by Gasteiger charge is -2.24. The number of allylic oxidation sites excluding steroid dienone is 1. The maximum Gasteiger partial charge on any atom is 0.234 e. The molecule has 0 saturated heterocycles. The van der Waals surface area contributed by atoms with Gasteiger partial charge in [0.05, 0.1) is 0 Å². The number of hydrogen-bond donors (Lipinski definition) is 0. The van der Waals surface area contributed by atoms with Crippen molar-refractivity contribution in [2.75, 3.05) is 0 Å². The monoisotopic (exact) mass is 245 g/mol. The summed E-state index contributed by atoms with van der Waals surface area (Å²) in [5.41, 5.74) is 1.27. The van der Waals surface area contributed by atoms with Crippen LogP contribution < -0.4 is 0 Å². The Morgan fingerprint density at radius 1 is 1.00 bits per heavy atom. The van der Waals surface area contributed by atoms with E-state index in [0.29, 0.717) is 11.1 Å². The van der Waals surface area contributed by atoms with Gasteiger partial charge in [-0.3, -0.25) is 9.59 Å².